The van der Waals surface area contributed by atoms with Gasteiger partial charge in [-0.1, -0.05) is 21.6 Å². The molecule has 0 amide bonds. The van der Waals surface area contributed by atoms with E-state index in [-0.39, 0.29) is 11.6 Å². The first-order valence-corrected chi connectivity index (χ1v) is 14.9. The fourth-order valence-corrected chi connectivity index (χ4v) is 7.53. The van der Waals surface area contributed by atoms with Crippen LogP contribution in [0.1, 0.15) is 12.5 Å². The molecule has 6 rings (SSSR count). The fourth-order valence-electron chi connectivity index (χ4n) is 4.59. The molecule has 8 N–H and O–H groups in total. The molecule has 0 aliphatic carbocycles. The molecule has 39 heavy (non-hydrogen) atoms. The molecule has 0 spiro atoms. The van der Waals surface area contributed by atoms with E-state index in [9.17, 15) is 20.4 Å². The van der Waals surface area contributed by atoms with Crippen LogP contribution in [0.15, 0.2) is 23.7 Å². The molecular formula is C20H23BrN10O6S2. The predicted octanol–water partition coefficient (Wildman–Crippen LogP) is -0.787. The third-order valence-electron chi connectivity index (χ3n) is 6.60. The Hall–Kier alpha value is -2.36. The summed E-state index contributed by atoms with van der Waals surface area (Å²) in [6.07, 6.45) is -4.05. The summed E-state index contributed by atoms with van der Waals surface area (Å²) in [5.74, 6) is 1.02. The van der Waals surface area contributed by atoms with Gasteiger partial charge in [0.15, 0.2) is 45.6 Å². The topological polar surface area (TPSA) is 239 Å². The summed E-state index contributed by atoms with van der Waals surface area (Å²) in [6, 6.07) is 0. The van der Waals surface area contributed by atoms with Gasteiger partial charge in [-0.25, -0.2) is 29.9 Å². The number of aliphatic hydroxyl groups excluding tert-OH is 4. The van der Waals surface area contributed by atoms with Crippen LogP contribution in [0.2, 0.25) is 0 Å². The van der Waals surface area contributed by atoms with Crippen molar-refractivity contribution in [1.29, 1.82) is 0 Å². The summed E-state index contributed by atoms with van der Waals surface area (Å²) in [6.45, 7) is 0. The van der Waals surface area contributed by atoms with Crippen LogP contribution < -0.4 is 11.5 Å². The minimum absolute atomic E-state index is 0.179. The molecule has 6 heterocycles. The van der Waals surface area contributed by atoms with Gasteiger partial charge in [0, 0.05) is 11.5 Å². The fraction of sp³-hybridized carbons (Fsp3) is 0.500. The number of aliphatic hydroxyl groups is 4. The molecule has 0 bridgehead atoms. The number of hydrogen-bond donors (Lipinski definition) is 6. The summed E-state index contributed by atoms with van der Waals surface area (Å²) >= 11 is 3.34. The lowest BCUT2D eigenvalue weighted by molar-refractivity contribution is -0.0302. The Labute approximate surface area is 235 Å². The molecule has 2 aliphatic heterocycles. The molecule has 8 atom stereocenters. The summed E-state index contributed by atoms with van der Waals surface area (Å²) in [7, 11) is 2.74. The number of aromatic nitrogens is 8. The molecule has 19 heteroatoms. The van der Waals surface area contributed by atoms with Crippen molar-refractivity contribution >= 4 is 71.5 Å². The summed E-state index contributed by atoms with van der Waals surface area (Å²) < 4.78 is 15.3. The molecule has 208 valence electrons. The predicted molar refractivity (Wildman–Crippen MR) is 144 cm³/mol. The number of rotatable bonds is 7. The van der Waals surface area contributed by atoms with Gasteiger partial charge in [-0.3, -0.25) is 9.13 Å². The van der Waals surface area contributed by atoms with Gasteiger partial charge in [-0.15, -0.1) is 0 Å². The van der Waals surface area contributed by atoms with Crippen LogP contribution in [0.3, 0.4) is 0 Å². The van der Waals surface area contributed by atoms with Crippen molar-refractivity contribution in [2.24, 2.45) is 0 Å². The first-order valence-electron chi connectivity index (χ1n) is 11.6. The van der Waals surface area contributed by atoms with Crippen molar-refractivity contribution in [3.8, 4) is 0 Å². The lowest BCUT2D eigenvalue weighted by atomic mass is 10.1. The van der Waals surface area contributed by atoms with Crippen molar-refractivity contribution in [3.05, 3.63) is 23.7 Å². The van der Waals surface area contributed by atoms with E-state index in [1.54, 1.807) is 0 Å². The highest BCUT2D eigenvalue weighted by atomic mass is 79.9. The van der Waals surface area contributed by atoms with Gasteiger partial charge in [0.2, 0.25) is 0 Å². The number of nitrogen functional groups attached to an aromatic ring is 2. The molecule has 0 radical (unpaired) electrons. The third-order valence-corrected chi connectivity index (χ3v) is 9.57. The van der Waals surface area contributed by atoms with E-state index in [1.165, 1.54) is 49.7 Å². The van der Waals surface area contributed by atoms with E-state index in [2.05, 4.69) is 45.8 Å². The molecule has 0 saturated carbocycles. The Morgan fingerprint density at radius 1 is 0.769 bits per heavy atom. The molecule has 4 aromatic heterocycles. The van der Waals surface area contributed by atoms with Gasteiger partial charge in [0.25, 0.3) is 0 Å². The second-order valence-corrected chi connectivity index (χ2v) is 12.2. The van der Waals surface area contributed by atoms with Crippen LogP contribution in [-0.2, 0) is 9.47 Å². The van der Waals surface area contributed by atoms with E-state index in [4.69, 9.17) is 20.9 Å². The second-order valence-electron chi connectivity index (χ2n) is 8.93. The summed E-state index contributed by atoms with van der Waals surface area (Å²) in [5.41, 5.74) is 13.2. The third kappa shape index (κ3) is 4.60. The number of nitrogens with two attached hydrogens (primary N) is 2. The van der Waals surface area contributed by atoms with Crippen LogP contribution in [0.5, 0.6) is 0 Å². The highest BCUT2D eigenvalue weighted by Crippen LogP contribution is 2.39. The number of fused-ring (bicyclic) bond motifs is 2. The Kier molecular flexibility index (Phi) is 7.27. The first-order chi connectivity index (χ1) is 18.8. The number of anilines is 2. The molecule has 2 aliphatic rings. The zero-order chi connectivity index (χ0) is 27.4. The van der Waals surface area contributed by atoms with E-state index in [1.807, 2.05) is 0 Å². The number of hydrogen-bond acceptors (Lipinski definition) is 16. The molecule has 2 fully saturated rings. The maximum absolute atomic E-state index is 10.7. The lowest BCUT2D eigenvalue weighted by Crippen LogP contribution is -2.33. The number of imidazole rings is 2. The van der Waals surface area contributed by atoms with Gasteiger partial charge in [0.1, 0.15) is 42.6 Å². The molecule has 0 unspecified atom stereocenters. The van der Waals surface area contributed by atoms with Crippen molar-refractivity contribution in [2.45, 2.75) is 49.1 Å². The maximum Gasteiger partial charge on any atom is 0.181 e. The van der Waals surface area contributed by atoms with E-state index in [0.29, 0.717) is 38.6 Å². The largest absolute Gasteiger partial charge is 0.387 e. The molecule has 16 nitrogen and oxygen atoms in total. The molecule has 0 aromatic carbocycles. The Morgan fingerprint density at radius 2 is 1.33 bits per heavy atom. The number of nitrogens with zero attached hydrogens (tertiary/aromatic N) is 8. The number of halogens is 1. The number of ether oxygens (including phenoxy) is 2. The smallest absolute Gasteiger partial charge is 0.181 e. The molecule has 2 saturated heterocycles. The Balaban J connectivity index is 1.07. The Bertz CT molecular complexity index is 1510. The minimum atomic E-state index is -1.25. The van der Waals surface area contributed by atoms with E-state index in [0.717, 1.165) is 0 Å². The SMILES string of the molecule is Nc1ncnc2c1ncn2[C@@H]1O[C@H](CSSC[C@H]2O[C@@H](n3c(Br)nc4c(N)ncnc43)[C@H](O)[C@@H]2O)[C@@H](O)[C@H]1O. The van der Waals surface area contributed by atoms with E-state index < -0.39 is 49.1 Å². The quantitative estimate of drug-likeness (QED) is 0.0822. The standard InChI is InChI=1S/C20H23BrN10O6S2/c21-20-29-9-15(23)25-4-27-17(9)31(20)19-13(35)11(33)7(37-19)2-39-38-1-6-10(32)12(34)18(36-6)30-5-28-8-14(22)24-3-26-16(8)30/h3-7,10-13,18-19,32-35H,1-2H2,(H2,22,24,26)(H2,23,25,27)/t6-,7-,10-,11-,12-,13-,18-,19-/m1/s1. The maximum atomic E-state index is 10.7. The van der Waals surface area contributed by atoms with Crippen molar-refractivity contribution in [3.63, 3.8) is 0 Å². The van der Waals surface area contributed by atoms with Crippen LogP contribution >= 0.6 is 37.5 Å². The van der Waals surface area contributed by atoms with Crippen molar-refractivity contribution < 1.29 is 29.9 Å². The lowest BCUT2D eigenvalue weighted by Gasteiger charge is -2.17. The summed E-state index contributed by atoms with van der Waals surface area (Å²) in [4.78, 5) is 24.6. The minimum Gasteiger partial charge on any atom is -0.387 e. The van der Waals surface area contributed by atoms with Crippen LogP contribution in [0.25, 0.3) is 22.3 Å². The van der Waals surface area contributed by atoms with Gasteiger partial charge in [0.05, 0.1) is 18.5 Å². The Morgan fingerprint density at radius 3 is 2.00 bits per heavy atom. The molecular weight excluding hydrogens is 620 g/mol. The zero-order valence-corrected chi connectivity index (χ0v) is 23.0. The van der Waals surface area contributed by atoms with Gasteiger partial charge >= 0.3 is 0 Å². The van der Waals surface area contributed by atoms with Crippen molar-refractivity contribution in [1.82, 2.24) is 39.0 Å². The first kappa shape index (κ1) is 26.8. The second kappa shape index (κ2) is 10.6. The van der Waals surface area contributed by atoms with Gasteiger partial charge < -0.3 is 41.4 Å². The monoisotopic (exact) mass is 642 g/mol. The average Bonchev–Trinajstić information content (AvgIpc) is 3.64. The van der Waals surface area contributed by atoms with Crippen LogP contribution in [-0.4, -0.2) is 108 Å². The van der Waals surface area contributed by atoms with E-state index >= 15 is 0 Å². The van der Waals surface area contributed by atoms with Crippen LogP contribution in [0, 0.1) is 0 Å². The normalized spacial score (nSPS) is 31.1. The van der Waals surface area contributed by atoms with Gasteiger partial charge in [-0.2, -0.15) is 0 Å². The highest BCUT2D eigenvalue weighted by molar-refractivity contribution is 9.10. The zero-order valence-electron chi connectivity index (χ0n) is 19.8. The average molecular weight is 644 g/mol. The highest BCUT2D eigenvalue weighted by Gasteiger charge is 2.46. The van der Waals surface area contributed by atoms with Crippen molar-refractivity contribution in [2.75, 3.05) is 23.0 Å². The van der Waals surface area contributed by atoms with Crippen LogP contribution in [0.4, 0.5) is 11.6 Å². The summed E-state index contributed by atoms with van der Waals surface area (Å²) in [5, 5.41) is 42.6. The molecule has 4 aromatic rings. The van der Waals surface area contributed by atoms with Gasteiger partial charge in [-0.05, 0) is 15.9 Å².